The molecule has 0 N–H and O–H groups in total. The first-order valence-electron chi connectivity index (χ1n) is 28.1. The zero-order chi connectivity index (χ0) is 55.0. The van der Waals surface area contributed by atoms with E-state index in [1.807, 2.05) is 48.5 Å². The maximum absolute atomic E-state index is 7.83. The standard InChI is InChI=1S/C76H52N6/c1-75(2)61-28-16-12-24-52(61)54-39-42-66-68(70(54)75)57-26-14-18-30-63(57)81(66)51-37-38-56(74-79-72(47-20-8-6-9-21-47)78-73(80-74)48-22-10-7-11-23-48)59(45-51)60-44-49(46-32-35-50(77-5)36-33-46)34-41-65(60)82-64-31-19-15-27-58(64)69-67(82)43-40-55-53-25-13-17-29-62(53)76(3,4)71(55)69/h6-45H,1-4H3. The van der Waals surface area contributed by atoms with E-state index in [1.165, 1.54) is 66.1 Å². The van der Waals surface area contributed by atoms with E-state index in [9.17, 15) is 0 Å². The Morgan fingerprint density at radius 2 is 0.817 bits per heavy atom. The van der Waals surface area contributed by atoms with Crippen molar-refractivity contribution in [2.75, 3.05) is 0 Å². The Morgan fingerprint density at radius 3 is 1.39 bits per heavy atom. The quantitative estimate of drug-likeness (QED) is 0.149. The van der Waals surface area contributed by atoms with Crippen LogP contribution in [0.15, 0.2) is 243 Å². The van der Waals surface area contributed by atoms with Gasteiger partial charge in [-0.3, -0.25) is 0 Å². The summed E-state index contributed by atoms with van der Waals surface area (Å²) < 4.78 is 4.95. The van der Waals surface area contributed by atoms with Gasteiger partial charge >= 0.3 is 0 Å². The highest BCUT2D eigenvalue weighted by Gasteiger charge is 2.40. The molecule has 0 bridgehead atoms. The molecule has 6 heteroatoms. The van der Waals surface area contributed by atoms with Crippen LogP contribution in [-0.2, 0) is 10.8 Å². The van der Waals surface area contributed by atoms with Crippen molar-refractivity contribution in [3.63, 3.8) is 0 Å². The lowest BCUT2D eigenvalue weighted by molar-refractivity contribution is 0.666. The maximum atomic E-state index is 7.83. The van der Waals surface area contributed by atoms with Crippen molar-refractivity contribution in [1.82, 2.24) is 24.1 Å². The van der Waals surface area contributed by atoms with Crippen molar-refractivity contribution in [3.8, 4) is 90.0 Å². The van der Waals surface area contributed by atoms with Gasteiger partial charge in [-0.1, -0.05) is 216 Å². The zero-order valence-corrected chi connectivity index (χ0v) is 45.8. The second-order valence-corrected chi connectivity index (χ2v) is 23.0. The topological polar surface area (TPSA) is 52.9 Å². The average molecular weight is 1050 g/mol. The minimum absolute atomic E-state index is 0.232. The molecule has 0 aliphatic heterocycles. The number of nitrogens with zero attached hydrogens (tertiary/aromatic N) is 6. The van der Waals surface area contributed by atoms with Gasteiger partial charge in [0.05, 0.1) is 34.3 Å². The lowest BCUT2D eigenvalue weighted by Crippen LogP contribution is -2.15. The molecule has 0 saturated carbocycles. The molecule has 6 nitrogen and oxygen atoms in total. The summed E-state index contributed by atoms with van der Waals surface area (Å²) in [4.78, 5) is 19.9. The highest BCUT2D eigenvalue weighted by molar-refractivity contribution is 6.16. The fourth-order valence-corrected chi connectivity index (χ4v) is 14.1. The van der Waals surface area contributed by atoms with Crippen LogP contribution in [0, 0.1) is 6.57 Å². The molecule has 14 aromatic rings. The molecule has 2 aliphatic carbocycles. The fraction of sp³-hybridized carbons (Fsp3) is 0.0789. The Bertz CT molecular complexity index is 4980. The molecule has 3 heterocycles. The van der Waals surface area contributed by atoms with E-state index >= 15 is 0 Å². The molecule has 82 heavy (non-hydrogen) atoms. The predicted octanol–water partition coefficient (Wildman–Crippen LogP) is 19.6. The number of hydrogen-bond donors (Lipinski definition) is 0. The largest absolute Gasteiger partial charge is 0.309 e. The van der Waals surface area contributed by atoms with Crippen molar-refractivity contribution in [1.29, 1.82) is 0 Å². The van der Waals surface area contributed by atoms with E-state index in [0.29, 0.717) is 23.2 Å². The first-order chi connectivity index (χ1) is 40.2. The molecule has 0 unspecified atom stereocenters. The van der Waals surface area contributed by atoms with Gasteiger partial charge < -0.3 is 9.13 Å². The third-order valence-corrected chi connectivity index (χ3v) is 17.8. The molecule has 0 amide bonds. The van der Waals surface area contributed by atoms with Crippen LogP contribution < -0.4 is 0 Å². The minimum Gasteiger partial charge on any atom is -0.309 e. The van der Waals surface area contributed by atoms with Gasteiger partial charge in [0.1, 0.15) is 0 Å². The zero-order valence-electron chi connectivity index (χ0n) is 45.8. The molecule has 0 spiro atoms. The van der Waals surface area contributed by atoms with Crippen molar-refractivity contribution in [3.05, 3.63) is 276 Å². The van der Waals surface area contributed by atoms with E-state index in [0.717, 1.165) is 72.4 Å². The van der Waals surface area contributed by atoms with E-state index < -0.39 is 0 Å². The Labute approximate surface area is 475 Å². The summed E-state index contributed by atoms with van der Waals surface area (Å²) in [5, 5.41) is 4.94. The van der Waals surface area contributed by atoms with Gasteiger partial charge in [0.2, 0.25) is 0 Å². The third kappa shape index (κ3) is 6.90. The van der Waals surface area contributed by atoms with Gasteiger partial charge in [-0.05, 0) is 116 Å². The van der Waals surface area contributed by atoms with Gasteiger partial charge in [0.15, 0.2) is 23.2 Å². The third-order valence-electron chi connectivity index (χ3n) is 17.8. The summed E-state index contributed by atoms with van der Waals surface area (Å²) in [6, 6.07) is 87.1. The number of rotatable bonds is 7. The van der Waals surface area contributed by atoms with E-state index in [4.69, 9.17) is 21.5 Å². The summed E-state index contributed by atoms with van der Waals surface area (Å²) >= 11 is 0. The van der Waals surface area contributed by atoms with Crippen LogP contribution in [0.5, 0.6) is 0 Å². The number of para-hydroxylation sites is 2. The van der Waals surface area contributed by atoms with Gasteiger partial charge in [0.25, 0.3) is 0 Å². The van der Waals surface area contributed by atoms with E-state index in [-0.39, 0.29) is 10.8 Å². The smallest absolute Gasteiger partial charge is 0.187 e. The first kappa shape index (κ1) is 47.5. The van der Waals surface area contributed by atoms with Crippen LogP contribution in [0.25, 0.3) is 139 Å². The summed E-state index contributed by atoms with van der Waals surface area (Å²) in [6.07, 6.45) is 0. The summed E-state index contributed by atoms with van der Waals surface area (Å²) in [6.45, 7) is 17.3. The lowest BCUT2D eigenvalue weighted by Gasteiger charge is -2.23. The van der Waals surface area contributed by atoms with Crippen molar-refractivity contribution in [2.24, 2.45) is 0 Å². The van der Waals surface area contributed by atoms with Crippen molar-refractivity contribution in [2.45, 2.75) is 38.5 Å². The maximum Gasteiger partial charge on any atom is 0.187 e. The first-order valence-corrected chi connectivity index (χ1v) is 28.1. The van der Waals surface area contributed by atoms with E-state index in [1.54, 1.807) is 0 Å². The number of fused-ring (bicyclic) bond motifs is 14. The average Bonchev–Trinajstić information content (AvgIpc) is 3.27. The van der Waals surface area contributed by atoms with Gasteiger partial charge in [0, 0.05) is 60.3 Å². The summed E-state index contributed by atoms with van der Waals surface area (Å²) in [7, 11) is 0. The monoisotopic (exact) mass is 1050 g/mol. The van der Waals surface area contributed by atoms with Crippen molar-refractivity contribution >= 4 is 49.3 Å². The Kier molecular flexibility index (Phi) is 10.3. The molecular formula is C76H52N6. The Morgan fingerprint density at radius 1 is 0.341 bits per heavy atom. The normalized spacial score (nSPS) is 13.5. The Hall–Kier alpha value is -10.5. The molecule has 16 rings (SSSR count). The molecular weight excluding hydrogens is 997 g/mol. The molecule has 0 fully saturated rings. The second kappa shape index (κ2) is 17.8. The fourth-order valence-electron chi connectivity index (χ4n) is 14.1. The molecule has 11 aromatic carbocycles. The van der Waals surface area contributed by atoms with Crippen LogP contribution in [0.2, 0.25) is 0 Å². The molecule has 3 aromatic heterocycles. The predicted molar refractivity (Wildman–Crippen MR) is 337 cm³/mol. The van der Waals surface area contributed by atoms with Crippen molar-refractivity contribution < 1.29 is 0 Å². The van der Waals surface area contributed by atoms with Crippen LogP contribution >= 0.6 is 0 Å². The summed E-state index contributed by atoms with van der Waals surface area (Å²) in [5.41, 5.74) is 23.9. The van der Waals surface area contributed by atoms with Gasteiger partial charge in [-0.2, -0.15) is 0 Å². The number of aromatic nitrogens is 5. The molecule has 386 valence electrons. The van der Waals surface area contributed by atoms with Gasteiger partial charge in [-0.25, -0.2) is 19.8 Å². The Balaban J connectivity index is 1.03. The molecule has 0 atom stereocenters. The highest BCUT2D eigenvalue weighted by atomic mass is 15.0. The second-order valence-electron chi connectivity index (χ2n) is 23.0. The van der Waals surface area contributed by atoms with Gasteiger partial charge in [-0.15, -0.1) is 0 Å². The van der Waals surface area contributed by atoms with Crippen LogP contribution in [0.3, 0.4) is 0 Å². The lowest BCUT2D eigenvalue weighted by atomic mass is 9.80. The molecule has 0 saturated heterocycles. The van der Waals surface area contributed by atoms with Crippen LogP contribution in [-0.4, -0.2) is 24.1 Å². The number of benzene rings is 11. The highest BCUT2D eigenvalue weighted by Crippen LogP contribution is 2.56. The van der Waals surface area contributed by atoms with E-state index in [2.05, 4.69) is 236 Å². The molecule has 0 radical (unpaired) electrons. The molecule has 2 aliphatic rings. The van der Waals surface area contributed by atoms with Crippen LogP contribution in [0.4, 0.5) is 5.69 Å². The minimum atomic E-state index is -0.252. The number of hydrogen-bond acceptors (Lipinski definition) is 3. The summed E-state index contributed by atoms with van der Waals surface area (Å²) in [5.74, 6) is 1.74. The SMILES string of the molecule is [C-]#[N+]c1ccc(-c2ccc(-n3c4ccccc4c4c5c(ccc43)-c3ccccc3C5(C)C)c(-c3cc(-n4c5ccccc5c5c6c(ccc54)-c4ccccc4C6(C)C)ccc3-c3nc(-c4ccccc4)nc(-c4ccccc4)n3)c2)cc1. The van der Waals surface area contributed by atoms with Crippen LogP contribution in [0.1, 0.15) is 49.9 Å².